The van der Waals surface area contributed by atoms with Crippen molar-refractivity contribution in [2.24, 2.45) is 0 Å². The molecule has 2 N–H and O–H groups in total. The quantitative estimate of drug-likeness (QED) is 0.627. The van der Waals surface area contributed by atoms with Gasteiger partial charge in [-0.2, -0.15) is 0 Å². The zero-order valence-electron chi connectivity index (χ0n) is 19.3. The van der Waals surface area contributed by atoms with E-state index in [1.807, 2.05) is 30.3 Å². The molecule has 0 saturated heterocycles. The molecule has 0 aromatic heterocycles. The fraction of sp³-hybridized carbons (Fsp3) is 0.333. The molecule has 0 saturated carbocycles. The summed E-state index contributed by atoms with van der Waals surface area (Å²) in [5.74, 6) is -0.401. The number of carbonyl (C=O) groups is 2. The van der Waals surface area contributed by atoms with Crippen LogP contribution >= 0.6 is 0 Å². The van der Waals surface area contributed by atoms with Gasteiger partial charge in [0.1, 0.15) is 0 Å². The molecule has 0 aliphatic carbocycles. The van der Waals surface area contributed by atoms with Gasteiger partial charge in [0.2, 0.25) is 0 Å². The van der Waals surface area contributed by atoms with E-state index in [0.717, 1.165) is 31.5 Å². The SMILES string of the molecule is CCOC(=O)C1=C(CN2CC=C(c3ccccc3)CC2)NC(=O)NC1c1ccc(CC)cc1. The highest BCUT2D eigenvalue weighted by atomic mass is 16.5. The molecule has 6 nitrogen and oxygen atoms in total. The average Bonchev–Trinajstić information content (AvgIpc) is 2.85. The zero-order chi connectivity index (χ0) is 23.2. The number of amides is 2. The Kier molecular flexibility index (Phi) is 7.25. The van der Waals surface area contributed by atoms with Gasteiger partial charge in [-0.3, -0.25) is 4.90 Å². The topological polar surface area (TPSA) is 70.7 Å². The zero-order valence-corrected chi connectivity index (χ0v) is 19.3. The maximum atomic E-state index is 13.0. The molecule has 2 amide bonds. The number of benzene rings is 2. The Morgan fingerprint density at radius 1 is 1.09 bits per heavy atom. The molecule has 1 atom stereocenters. The Balaban J connectivity index is 1.60. The molecule has 0 bridgehead atoms. The number of nitrogens with one attached hydrogen (secondary N) is 2. The molecule has 0 fully saturated rings. The number of urea groups is 1. The molecule has 0 spiro atoms. The standard InChI is InChI=1S/C27H31N3O3/c1-3-19-10-12-22(13-11-19)25-24(26(31)33-4-2)23(28-27(32)29-25)18-30-16-14-21(15-17-30)20-8-6-5-7-9-20/h5-14,25H,3-4,15-18H2,1-2H3,(H2,28,29,32). The number of rotatable bonds is 7. The monoisotopic (exact) mass is 445 g/mol. The number of hydrogen-bond donors (Lipinski definition) is 2. The summed E-state index contributed by atoms with van der Waals surface area (Å²) in [4.78, 5) is 27.8. The van der Waals surface area contributed by atoms with Crippen molar-refractivity contribution in [1.29, 1.82) is 0 Å². The molecule has 1 unspecified atom stereocenters. The summed E-state index contributed by atoms with van der Waals surface area (Å²) in [6, 6.07) is 17.6. The van der Waals surface area contributed by atoms with E-state index >= 15 is 0 Å². The summed E-state index contributed by atoms with van der Waals surface area (Å²) >= 11 is 0. The Morgan fingerprint density at radius 2 is 1.85 bits per heavy atom. The van der Waals surface area contributed by atoms with Crippen molar-refractivity contribution in [3.8, 4) is 0 Å². The van der Waals surface area contributed by atoms with Gasteiger partial charge in [0.15, 0.2) is 0 Å². The number of nitrogens with zero attached hydrogens (tertiary/aromatic N) is 1. The maximum Gasteiger partial charge on any atom is 0.338 e. The summed E-state index contributed by atoms with van der Waals surface area (Å²) in [7, 11) is 0. The van der Waals surface area contributed by atoms with Crippen molar-refractivity contribution < 1.29 is 14.3 Å². The van der Waals surface area contributed by atoms with Crippen molar-refractivity contribution in [2.45, 2.75) is 32.7 Å². The van der Waals surface area contributed by atoms with Crippen LogP contribution in [0.25, 0.3) is 5.57 Å². The fourth-order valence-corrected chi connectivity index (χ4v) is 4.38. The van der Waals surface area contributed by atoms with Crippen LogP contribution in [-0.2, 0) is 16.0 Å². The van der Waals surface area contributed by atoms with Crippen LogP contribution in [0.3, 0.4) is 0 Å². The van der Waals surface area contributed by atoms with Crippen LogP contribution in [0.15, 0.2) is 71.9 Å². The molecule has 2 aliphatic heterocycles. The van der Waals surface area contributed by atoms with E-state index < -0.39 is 12.0 Å². The highest BCUT2D eigenvalue weighted by Gasteiger charge is 2.34. The van der Waals surface area contributed by atoms with Gasteiger partial charge in [0.25, 0.3) is 0 Å². The van der Waals surface area contributed by atoms with Gasteiger partial charge in [-0.25, -0.2) is 9.59 Å². The maximum absolute atomic E-state index is 13.0. The van der Waals surface area contributed by atoms with E-state index in [-0.39, 0.29) is 12.6 Å². The van der Waals surface area contributed by atoms with Crippen LogP contribution in [0.4, 0.5) is 4.79 Å². The molecule has 2 aromatic rings. The van der Waals surface area contributed by atoms with Crippen LogP contribution in [0.2, 0.25) is 0 Å². The average molecular weight is 446 g/mol. The van der Waals surface area contributed by atoms with Crippen LogP contribution < -0.4 is 10.6 Å². The third kappa shape index (κ3) is 5.34. The normalized spacial score (nSPS) is 18.9. The first kappa shape index (κ1) is 22.8. The van der Waals surface area contributed by atoms with Crippen molar-refractivity contribution in [1.82, 2.24) is 15.5 Å². The van der Waals surface area contributed by atoms with E-state index in [0.29, 0.717) is 17.8 Å². The number of carbonyl (C=O) groups excluding carboxylic acids is 2. The Bertz CT molecular complexity index is 1060. The van der Waals surface area contributed by atoms with Crippen molar-refractivity contribution >= 4 is 17.6 Å². The Hall–Kier alpha value is -3.38. The first-order valence-corrected chi connectivity index (χ1v) is 11.6. The minimum Gasteiger partial charge on any atom is -0.463 e. The van der Waals surface area contributed by atoms with Gasteiger partial charge in [-0.1, -0.05) is 67.6 Å². The van der Waals surface area contributed by atoms with Gasteiger partial charge in [0, 0.05) is 25.3 Å². The molecule has 4 rings (SSSR count). The highest BCUT2D eigenvalue weighted by Crippen LogP contribution is 2.29. The Morgan fingerprint density at radius 3 is 2.48 bits per heavy atom. The van der Waals surface area contributed by atoms with Gasteiger partial charge < -0.3 is 15.4 Å². The molecule has 2 heterocycles. The minimum absolute atomic E-state index is 0.276. The summed E-state index contributed by atoms with van der Waals surface area (Å²) in [6.07, 6.45) is 4.07. The van der Waals surface area contributed by atoms with Crippen LogP contribution in [0, 0.1) is 0 Å². The predicted molar refractivity (Wildman–Crippen MR) is 129 cm³/mol. The van der Waals surface area contributed by atoms with Gasteiger partial charge in [0.05, 0.1) is 18.2 Å². The van der Waals surface area contributed by atoms with E-state index in [2.05, 4.69) is 52.8 Å². The number of aryl methyl sites for hydroxylation is 1. The fourth-order valence-electron chi connectivity index (χ4n) is 4.38. The van der Waals surface area contributed by atoms with Crippen molar-refractivity contribution in [3.63, 3.8) is 0 Å². The summed E-state index contributed by atoms with van der Waals surface area (Å²) in [5.41, 5.74) is 5.73. The molecule has 2 aromatic carbocycles. The second-order valence-electron chi connectivity index (χ2n) is 8.32. The molecule has 0 radical (unpaired) electrons. The minimum atomic E-state index is -0.543. The van der Waals surface area contributed by atoms with E-state index in [1.54, 1.807) is 6.92 Å². The largest absolute Gasteiger partial charge is 0.463 e. The summed E-state index contributed by atoms with van der Waals surface area (Å²) < 4.78 is 5.39. The number of hydrogen-bond acceptors (Lipinski definition) is 4. The smallest absolute Gasteiger partial charge is 0.338 e. The van der Waals surface area contributed by atoms with Gasteiger partial charge >= 0.3 is 12.0 Å². The summed E-state index contributed by atoms with van der Waals surface area (Å²) in [5, 5.41) is 5.80. The van der Waals surface area contributed by atoms with E-state index in [4.69, 9.17) is 4.74 Å². The lowest BCUT2D eigenvalue weighted by atomic mass is 9.93. The van der Waals surface area contributed by atoms with Gasteiger partial charge in [-0.15, -0.1) is 0 Å². The second-order valence-corrected chi connectivity index (χ2v) is 8.32. The third-order valence-corrected chi connectivity index (χ3v) is 6.19. The number of esters is 1. The van der Waals surface area contributed by atoms with E-state index in [1.165, 1.54) is 16.7 Å². The number of ether oxygens (including phenoxy) is 1. The lowest BCUT2D eigenvalue weighted by Crippen LogP contribution is -2.48. The molecular formula is C27H31N3O3. The second kappa shape index (κ2) is 10.5. The highest BCUT2D eigenvalue weighted by molar-refractivity contribution is 5.95. The predicted octanol–water partition coefficient (Wildman–Crippen LogP) is 4.21. The molecule has 6 heteroatoms. The van der Waals surface area contributed by atoms with Crippen LogP contribution in [0.5, 0.6) is 0 Å². The first-order valence-electron chi connectivity index (χ1n) is 11.6. The molecule has 172 valence electrons. The molecular weight excluding hydrogens is 414 g/mol. The van der Waals surface area contributed by atoms with Crippen LogP contribution in [0.1, 0.15) is 43.0 Å². The Labute approximate surface area is 195 Å². The molecule has 2 aliphatic rings. The third-order valence-electron chi connectivity index (χ3n) is 6.19. The first-order chi connectivity index (χ1) is 16.1. The van der Waals surface area contributed by atoms with Crippen LogP contribution in [-0.4, -0.2) is 43.1 Å². The lowest BCUT2D eigenvalue weighted by Gasteiger charge is -2.33. The van der Waals surface area contributed by atoms with Crippen molar-refractivity contribution in [2.75, 3.05) is 26.2 Å². The van der Waals surface area contributed by atoms with Gasteiger partial charge in [-0.05, 0) is 42.0 Å². The lowest BCUT2D eigenvalue weighted by molar-refractivity contribution is -0.139. The van der Waals surface area contributed by atoms with Crippen molar-refractivity contribution in [3.05, 3.63) is 88.6 Å². The van der Waals surface area contributed by atoms with E-state index in [9.17, 15) is 9.59 Å². The summed E-state index contributed by atoms with van der Waals surface area (Å²) in [6.45, 7) is 6.24. The molecule has 33 heavy (non-hydrogen) atoms.